The van der Waals surface area contributed by atoms with Crippen molar-refractivity contribution in [2.75, 3.05) is 13.2 Å². The van der Waals surface area contributed by atoms with E-state index < -0.39 is 0 Å². The normalized spacial score (nSPS) is 19.1. The van der Waals surface area contributed by atoms with Crippen LogP contribution in [0.2, 0.25) is 0 Å². The lowest BCUT2D eigenvalue weighted by molar-refractivity contribution is 0.0668. The maximum absolute atomic E-state index is 13.4. The molecule has 1 aliphatic heterocycles. The Balaban J connectivity index is 1.84. The van der Waals surface area contributed by atoms with E-state index >= 15 is 0 Å². The van der Waals surface area contributed by atoms with Crippen LogP contribution in [-0.4, -0.2) is 32.7 Å². The first-order valence-corrected chi connectivity index (χ1v) is 9.25. The SMILES string of the molecule is O=c1c2ncccc2[nH]c2nc(C3CCC3)n(C3CCOCC3)c(=O)c12. The highest BCUT2D eigenvalue weighted by Gasteiger charge is 2.30. The van der Waals surface area contributed by atoms with Gasteiger partial charge < -0.3 is 9.72 Å². The van der Waals surface area contributed by atoms with E-state index in [1.54, 1.807) is 22.9 Å². The zero-order valence-corrected chi connectivity index (χ0v) is 14.4. The van der Waals surface area contributed by atoms with Crippen LogP contribution >= 0.6 is 0 Å². The summed E-state index contributed by atoms with van der Waals surface area (Å²) < 4.78 is 7.25. The minimum Gasteiger partial charge on any atom is -0.381 e. The molecule has 1 saturated heterocycles. The Morgan fingerprint density at radius 2 is 1.96 bits per heavy atom. The van der Waals surface area contributed by atoms with Gasteiger partial charge in [0.25, 0.3) is 5.56 Å². The van der Waals surface area contributed by atoms with Crippen LogP contribution in [0, 0.1) is 0 Å². The van der Waals surface area contributed by atoms with Gasteiger partial charge in [0, 0.05) is 31.4 Å². The maximum atomic E-state index is 13.4. The van der Waals surface area contributed by atoms with Crippen molar-refractivity contribution >= 4 is 22.1 Å². The molecule has 7 heteroatoms. The highest BCUT2D eigenvalue weighted by Crippen LogP contribution is 2.37. The number of aromatic nitrogens is 4. The summed E-state index contributed by atoms with van der Waals surface area (Å²) in [5.41, 5.74) is 0.699. The summed E-state index contributed by atoms with van der Waals surface area (Å²) in [6, 6.07) is 3.60. The third-order valence-electron chi connectivity index (χ3n) is 5.67. The molecule has 1 N–H and O–H groups in total. The van der Waals surface area contributed by atoms with Gasteiger partial charge in [0.1, 0.15) is 22.4 Å². The number of hydrogen-bond donors (Lipinski definition) is 1. The maximum Gasteiger partial charge on any atom is 0.267 e. The molecule has 2 aliphatic rings. The molecule has 3 aromatic rings. The van der Waals surface area contributed by atoms with Crippen LogP contribution in [0.5, 0.6) is 0 Å². The fourth-order valence-corrected chi connectivity index (χ4v) is 4.03. The molecular formula is C19H20N4O3. The zero-order valence-electron chi connectivity index (χ0n) is 14.4. The topological polar surface area (TPSA) is 89.9 Å². The summed E-state index contributed by atoms with van der Waals surface area (Å²) in [5, 5.41) is 0.116. The molecule has 0 radical (unpaired) electrons. The summed E-state index contributed by atoms with van der Waals surface area (Å²) in [4.78, 5) is 38.4. The van der Waals surface area contributed by atoms with Gasteiger partial charge in [-0.25, -0.2) is 4.98 Å². The first kappa shape index (κ1) is 15.7. The second kappa shape index (κ2) is 6.02. The number of fused-ring (bicyclic) bond motifs is 2. The van der Waals surface area contributed by atoms with Crippen molar-refractivity contribution in [1.29, 1.82) is 0 Å². The lowest BCUT2D eigenvalue weighted by Gasteiger charge is -2.32. The molecule has 1 saturated carbocycles. The largest absolute Gasteiger partial charge is 0.381 e. The number of aromatic amines is 1. The van der Waals surface area contributed by atoms with Crippen LogP contribution in [0.25, 0.3) is 22.1 Å². The molecule has 4 heterocycles. The van der Waals surface area contributed by atoms with Crippen molar-refractivity contribution in [3.8, 4) is 0 Å². The van der Waals surface area contributed by atoms with Gasteiger partial charge in [0.15, 0.2) is 0 Å². The van der Waals surface area contributed by atoms with Crippen LogP contribution in [0.15, 0.2) is 27.9 Å². The standard InChI is InChI=1S/C19H20N4O3/c24-16-14-17(21-13-5-2-8-20-15(13)16)22-18(11-3-1-4-11)23(19(14)25)12-6-9-26-10-7-12/h2,5,8,11-12H,1,3-4,6-7,9-10H2,(H,21,24). The van der Waals surface area contributed by atoms with E-state index in [9.17, 15) is 9.59 Å². The van der Waals surface area contributed by atoms with E-state index in [2.05, 4.69) is 9.97 Å². The minimum absolute atomic E-state index is 0.0441. The van der Waals surface area contributed by atoms with E-state index in [1.165, 1.54) is 0 Å². The van der Waals surface area contributed by atoms with Crippen molar-refractivity contribution in [2.45, 2.75) is 44.1 Å². The van der Waals surface area contributed by atoms with Crippen LogP contribution in [0.4, 0.5) is 0 Å². The Bertz CT molecular complexity index is 1110. The van der Waals surface area contributed by atoms with Gasteiger partial charge in [-0.3, -0.25) is 19.1 Å². The molecule has 3 aromatic heterocycles. The van der Waals surface area contributed by atoms with E-state index in [0.717, 1.165) is 37.9 Å². The number of hydrogen-bond acceptors (Lipinski definition) is 5. The van der Waals surface area contributed by atoms with Crippen molar-refractivity contribution in [1.82, 2.24) is 19.5 Å². The predicted octanol–water partition coefficient (Wildman–Crippen LogP) is 2.25. The Hall–Kier alpha value is -2.54. The molecule has 0 amide bonds. The van der Waals surface area contributed by atoms with E-state index in [-0.39, 0.29) is 27.9 Å². The fourth-order valence-electron chi connectivity index (χ4n) is 4.03. The molecule has 0 bridgehead atoms. The molecule has 5 rings (SSSR count). The minimum atomic E-state index is -0.340. The third kappa shape index (κ3) is 2.30. The fraction of sp³-hybridized carbons (Fsp3) is 0.474. The second-order valence-corrected chi connectivity index (χ2v) is 7.19. The first-order chi connectivity index (χ1) is 12.7. The van der Waals surface area contributed by atoms with Crippen molar-refractivity contribution in [3.05, 3.63) is 44.7 Å². The first-order valence-electron chi connectivity index (χ1n) is 9.25. The van der Waals surface area contributed by atoms with Crippen LogP contribution in [-0.2, 0) is 4.74 Å². The number of pyridine rings is 2. The van der Waals surface area contributed by atoms with E-state index in [4.69, 9.17) is 9.72 Å². The molecule has 0 unspecified atom stereocenters. The van der Waals surface area contributed by atoms with Crippen LogP contribution in [0.3, 0.4) is 0 Å². The molecule has 0 aromatic carbocycles. The summed E-state index contributed by atoms with van der Waals surface area (Å²) in [5.74, 6) is 1.11. The van der Waals surface area contributed by atoms with Gasteiger partial charge in [-0.2, -0.15) is 0 Å². The Morgan fingerprint density at radius 3 is 2.69 bits per heavy atom. The number of nitrogens with zero attached hydrogens (tertiary/aromatic N) is 3. The van der Waals surface area contributed by atoms with Crippen LogP contribution in [0.1, 0.15) is 49.9 Å². The third-order valence-corrected chi connectivity index (χ3v) is 5.67. The lowest BCUT2D eigenvalue weighted by atomic mass is 9.84. The quantitative estimate of drug-likeness (QED) is 0.715. The van der Waals surface area contributed by atoms with Gasteiger partial charge in [-0.15, -0.1) is 0 Å². The predicted molar refractivity (Wildman–Crippen MR) is 97.6 cm³/mol. The van der Waals surface area contributed by atoms with E-state index in [0.29, 0.717) is 30.3 Å². The molecule has 0 atom stereocenters. The Labute approximate surface area is 149 Å². The summed E-state index contributed by atoms with van der Waals surface area (Å²) in [6.07, 6.45) is 6.36. The molecular weight excluding hydrogens is 332 g/mol. The van der Waals surface area contributed by atoms with E-state index in [1.807, 2.05) is 0 Å². The van der Waals surface area contributed by atoms with Gasteiger partial charge >= 0.3 is 0 Å². The highest BCUT2D eigenvalue weighted by molar-refractivity contribution is 5.87. The van der Waals surface area contributed by atoms with Crippen molar-refractivity contribution in [3.63, 3.8) is 0 Å². The molecule has 0 spiro atoms. The van der Waals surface area contributed by atoms with Gasteiger partial charge in [-0.05, 0) is 37.8 Å². The summed E-state index contributed by atoms with van der Waals surface area (Å²) in [7, 11) is 0. The summed E-state index contributed by atoms with van der Waals surface area (Å²) >= 11 is 0. The Morgan fingerprint density at radius 1 is 1.15 bits per heavy atom. The number of nitrogens with one attached hydrogen (secondary N) is 1. The monoisotopic (exact) mass is 352 g/mol. The van der Waals surface area contributed by atoms with Gasteiger partial charge in [-0.1, -0.05) is 6.42 Å². The molecule has 26 heavy (non-hydrogen) atoms. The van der Waals surface area contributed by atoms with Crippen molar-refractivity contribution < 1.29 is 4.74 Å². The lowest BCUT2D eigenvalue weighted by Crippen LogP contribution is -2.36. The number of H-pyrrole nitrogens is 1. The van der Waals surface area contributed by atoms with Gasteiger partial charge in [0.05, 0.1) is 5.52 Å². The zero-order chi connectivity index (χ0) is 17.7. The highest BCUT2D eigenvalue weighted by atomic mass is 16.5. The average Bonchev–Trinajstić information content (AvgIpc) is 2.61. The molecule has 2 fully saturated rings. The van der Waals surface area contributed by atoms with Gasteiger partial charge in [0.2, 0.25) is 5.43 Å². The number of ether oxygens (including phenoxy) is 1. The smallest absolute Gasteiger partial charge is 0.267 e. The van der Waals surface area contributed by atoms with Crippen LogP contribution < -0.4 is 11.0 Å². The molecule has 134 valence electrons. The number of rotatable bonds is 2. The molecule has 1 aliphatic carbocycles. The molecule has 7 nitrogen and oxygen atoms in total. The summed E-state index contributed by atoms with van der Waals surface area (Å²) in [6.45, 7) is 1.27. The second-order valence-electron chi connectivity index (χ2n) is 7.19. The Kier molecular flexibility index (Phi) is 3.63. The average molecular weight is 352 g/mol. The van der Waals surface area contributed by atoms with Crippen molar-refractivity contribution in [2.24, 2.45) is 0 Å².